The number of aromatic nitrogens is 2. The van der Waals surface area contributed by atoms with E-state index in [-0.39, 0.29) is 24.2 Å². The van der Waals surface area contributed by atoms with Crippen molar-refractivity contribution in [1.82, 2.24) is 20.6 Å². The van der Waals surface area contributed by atoms with Crippen LogP contribution in [0.2, 0.25) is 0 Å². The predicted octanol–water partition coefficient (Wildman–Crippen LogP) is 2.10. The molecule has 1 aliphatic rings. The van der Waals surface area contributed by atoms with Crippen LogP contribution in [0.1, 0.15) is 51.5 Å². The average Bonchev–Trinajstić information content (AvgIpc) is 3.04. The van der Waals surface area contributed by atoms with Crippen molar-refractivity contribution in [3.63, 3.8) is 0 Å². The molecule has 0 spiro atoms. The molecule has 21 heavy (non-hydrogen) atoms. The maximum Gasteiger partial charge on any atom is 0.407 e. The average molecular weight is 292 g/mol. The number of alkyl carbamates (subject to hydrolysis) is 1. The molecule has 0 saturated heterocycles. The zero-order valence-electron chi connectivity index (χ0n) is 13.3. The van der Waals surface area contributed by atoms with Crippen molar-refractivity contribution in [2.24, 2.45) is 0 Å². The first-order chi connectivity index (χ1) is 9.76. The Morgan fingerprint density at radius 1 is 1.33 bits per heavy atom. The Labute approximate surface area is 125 Å². The molecule has 6 heteroatoms. The molecule has 1 amide bonds. The summed E-state index contributed by atoms with van der Waals surface area (Å²) in [4.78, 5) is 20.3. The van der Waals surface area contributed by atoms with E-state index >= 15 is 0 Å². The maximum atomic E-state index is 11.7. The molecule has 1 aromatic heterocycles. The van der Waals surface area contributed by atoms with Gasteiger partial charge in [0.2, 0.25) is 0 Å². The molecule has 1 saturated carbocycles. The second-order valence-electron chi connectivity index (χ2n) is 6.51. The van der Waals surface area contributed by atoms with Crippen LogP contribution in [0, 0.1) is 6.92 Å². The summed E-state index contributed by atoms with van der Waals surface area (Å²) in [6.45, 7) is 9.57. The standard InChI is InChI=1S/C15H24N4O2/c1-9-13(17-7-6-16-9)10(2)18-11-8-12(11)19-14(20)21-15(3,4)5/h6-7,10-12,18H,8H2,1-5H3,(H,19,20). The van der Waals surface area contributed by atoms with Gasteiger partial charge < -0.3 is 15.4 Å². The van der Waals surface area contributed by atoms with E-state index in [9.17, 15) is 4.79 Å². The van der Waals surface area contributed by atoms with E-state index in [1.54, 1.807) is 12.4 Å². The molecule has 3 atom stereocenters. The highest BCUT2D eigenvalue weighted by Gasteiger charge is 2.40. The van der Waals surface area contributed by atoms with Crippen LogP contribution in [0.25, 0.3) is 0 Å². The summed E-state index contributed by atoms with van der Waals surface area (Å²) in [5.41, 5.74) is 1.40. The first-order valence-electron chi connectivity index (χ1n) is 7.29. The Bertz CT molecular complexity index is 513. The normalized spacial score (nSPS) is 22.5. The van der Waals surface area contributed by atoms with E-state index in [4.69, 9.17) is 4.74 Å². The van der Waals surface area contributed by atoms with Gasteiger partial charge in [0.05, 0.1) is 11.4 Å². The fourth-order valence-corrected chi connectivity index (χ4v) is 2.24. The van der Waals surface area contributed by atoms with Crippen LogP contribution < -0.4 is 10.6 Å². The van der Waals surface area contributed by atoms with Crippen LogP contribution in [-0.2, 0) is 4.74 Å². The second kappa shape index (κ2) is 5.97. The first-order valence-corrected chi connectivity index (χ1v) is 7.29. The van der Waals surface area contributed by atoms with Gasteiger partial charge in [0.1, 0.15) is 5.60 Å². The van der Waals surface area contributed by atoms with Crippen molar-refractivity contribution in [3.8, 4) is 0 Å². The smallest absolute Gasteiger partial charge is 0.407 e. The summed E-state index contributed by atoms with van der Waals surface area (Å²) in [6, 6.07) is 0.488. The molecule has 3 unspecified atom stereocenters. The van der Waals surface area contributed by atoms with Crippen molar-refractivity contribution in [2.75, 3.05) is 0 Å². The lowest BCUT2D eigenvalue weighted by molar-refractivity contribution is 0.0522. The zero-order valence-corrected chi connectivity index (χ0v) is 13.3. The minimum absolute atomic E-state index is 0.106. The lowest BCUT2D eigenvalue weighted by Gasteiger charge is -2.20. The lowest BCUT2D eigenvalue weighted by atomic mass is 10.2. The molecular weight excluding hydrogens is 268 g/mol. The number of nitrogens with one attached hydrogen (secondary N) is 2. The van der Waals surface area contributed by atoms with Gasteiger partial charge in [-0.3, -0.25) is 9.97 Å². The SMILES string of the molecule is Cc1nccnc1C(C)NC1CC1NC(=O)OC(C)(C)C. The molecule has 2 rings (SSSR count). The van der Waals surface area contributed by atoms with Crippen LogP contribution in [0.5, 0.6) is 0 Å². The third-order valence-corrected chi connectivity index (χ3v) is 3.29. The fraction of sp³-hybridized carbons (Fsp3) is 0.667. The number of carbonyl (C=O) groups is 1. The van der Waals surface area contributed by atoms with Crippen molar-refractivity contribution < 1.29 is 9.53 Å². The number of amides is 1. The first kappa shape index (κ1) is 15.7. The Morgan fingerprint density at radius 2 is 2.00 bits per heavy atom. The van der Waals surface area contributed by atoms with Gasteiger partial charge in [0, 0.05) is 30.5 Å². The lowest BCUT2D eigenvalue weighted by Crippen LogP contribution is -2.37. The third kappa shape index (κ3) is 4.67. The minimum atomic E-state index is -0.466. The molecule has 2 N–H and O–H groups in total. The highest BCUT2D eigenvalue weighted by atomic mass is 16.6. The molecule has 116 valence electrons. The Morgan fingerprint density at radius 3 is 2.62 bits per heavy atom. The molecule has 1 heterocycles. The monoisotopic (exact) mass is 292 g/mol. The van der Waals surface area contributed by atoms with Crippen LogP contribution in [-0.4, -0.2) is 33.7 Å². The van der Waals surface area contributed by atoms with Crippen molar-refractivity contribution in [1.29, 1.82) is 0 Å². The maximum absolute atomic E-state index is 11.7. The minimum Gasteiger partial charge on any atom is -0.444 e. The summed E-state index contributed by atoms with van der Waals surface area (Å²) in [7, 11) is 0. The van der Waals surface area contributed by atoms with Crippen LogP contribution >= 0.6 is 0 Å². The van der Waals surface area contributed by atoms with Gasteiger partial charge in [0.15, 0.2) is 0 Å². The van der Waals surface area contributed by atoms with Crippen molar-refractivity contribution in [2.45, 2.75) is 64.8 Å². The van der Waals surface area contributed by atoms with E-state index in [0.29, 0.717) is 0 Å². The van der Waals surface area contributed by atoms with Crippen LogP contribution in [0.3, 0.4) is 0 Å². The van der Waals surface area contributed by atoms with Crippen molar-refractivity contribution >= 4 is 6.09 Å². The number of aryl methyl sites for hydroxylation is 1. The topological polar surface area (TPSA) is 76.1 Å². The van der Waals surface area contributed by atoms with Gasteiger partial charge in [-0.05, 0) is 41.0 Å². The van der Waals surface area contributed by atoms with Crippen molar-refractivity contribution in [3.05, 3.63) is 23.8 Å². The summed E-state index contributed by atoms with van der Waals surface area (Å²) in [5.74, 6) is 0. The van der Waals surface area contributed by atoms with Gasteiger partial charge >= 0.3 is 6.09 Å². The molecule has 0 aliphatic heterocycles. The molecule has 0 aromatic carbocycles. The number of rotatable bonds is 4. The molecule has 1 aromatic rings. The van der Waals surface area contributed by atoms with Gasteiger partial charge in [0.25, 0.3) is 0 Å². The van der Waals surface area contributed by atoms with E-state index in [0.717, 1.165) is 17.8 Å². The molecule has 0 radical (unpaired) electrons. The summed E-state index contributed by atoms with van der Waals surface area (Å²) in [5, 5.41) is 6.33. The number of hydrogen-bond acceptors (Lipinski definition) is 5. The summed E-state index contributed by atoms with van der Waals surface area (Å²) >= 11 is 0. The Hall–Kier alpha value is -1.69. The highest BCUT2D eigenvalue weighted by molar-refractivity contribution is 5.68. The number of carbonyl (C=O) groups excluding carboxylic acids is 1. The summed E-state index contributed by atoms with van der Waals surface area (Å²) in [6.07, 6.45) is 3.93. The van der Waals surface area contributed by atoms with Crippen LogP contribution in [0.4, 0.5) is 4.79 Å². The largest absolute Gasteiger partial charge is 0.444 e. The van der Waals surface area contributed by atoms with E-state index < -0.39 is 5.60 Å². The van der Waals surface area contributed by atoms with Gasteiger partial charge in [-0.2, -0.15) is 0 Å². The molecular formula is C15H24N4O2. The number of ether oxygens (including phenoxy) is 1. The summed E-state index contributed by atoms with van der Waals surface area (Å²) < 4.78 is 5.25. The Balaban J connectivity index is 1.80. The van der Waals surface area contributed by atoms with Crippen LogP contribution in [0.15, 0.2) is 12.4 Å². The predicted molar refractivity (Wildman–Crippen MR) is 79.9 cm³/mol. The fourth-order valence-electron chi connectivity index (χ4n) is 2.24. The number of hydrogen-bond donors (Lipinski definition) is 2. The van der Waals surface area contributed by atoms with Gasteiger partial charge in [-0.1, -0.05) is 0 Å². The van der Waals surface area contributed by atoms with Gasteiger partial charge in [-0.25, -0.2) is 4.79 Å². The van der Waals surface area contributed by atoms with E-state index in [1.165, 1.54) is 0 Å². The molecule has 6 nitrogen and oxygen atoms in total. The van der Waals surface area contributed by atoms with Gasteiger partial charge in [-0.15, -0.1) is 0 Å². The third-order valence-electron chi connectivity index (χ3n) is 3.29. The molecule has 1 aliphatic carbocycles. The number of nitrogens with zero attached hydrogens (tertiary/aromatic N) is 2. The molecule has 0 bridgehead atoms. The zero-order chi connectivity index (χ0) is 15.6. The van der Waals surface area contributed by atoms with E-state index in [1.807, 2.05) is 27.7 Å². The highest BCUT2D eigenvalue weighted by Crippen LogP contribution is 2.25. The quantitative estimate of drug-likeness (QED) is 0.889. The van der Waals surface area contributed by atoms with E-state index in [2.05, 4.69) is 27.5 Å². The molecule has 1 fully saturated rings. The second-order valence-corrected chi connectivity index (χ2v) is 6.51. The Kier molecular flexibility index (Phi) is 4.46.